The lowest BCUT2D eigenvalue weighted by Crippen LogP contribution is -2.19. The summed E-state index contributed by atoms with van der Waals surface area (Å²) >= 11 is 0. The summed E-state index contributed by atoms with van der Waals surface area (Å²) < 4.78 is 2.23. The summed E-state index contributed by atoms with van der Waals surface area (Å²) in [6.45, 7) is 17.9. The Bertz CT molecular complexity index is 2300. The maximum absolute atomic E-state index is 14.8. The van der Waals surface area contributed by atoms with Gasteiger partial charge in [0, 0.05) is 27.6 Å². The first kappa shape index (κ1) is 34.7. The van der Waals surface area contributed by atoms with Crippen molar-refractivity contribution in [2.45, 2.75) is 104 Å². The fourth-order valence-corrected chi connectivity index (χ4v) is 7.99. The van der Waals surface area contributed by atoms with E-state index in [2.05, 4.69) is 115 Å². The van der Waals surface area contributed by atoms with Gasteiger partial charge in [-0.25, -0.2) is 0 Å². The van der Waals surface area contributed by atoms with Gasteiger partial charge in [-0.05, 0) is 124 Å². The third-order valence-electron chi connectivity index (χ3n) is 11.2. The molecule has 1 unspecified atom stereocenters. The minimum absolute atomic E-state index is 0.0151. The van der Waals surface area contributed by atoms with E-state index < -0.39 is 0 Å². The molecule has 0 bridgehead atoms. The second-order valence-corrected chi connectivity index (χ2v) is 16.0. The number of nitrogens with zero attached hydrogens (tertiary/aromatic N) is 1. The van der Waals surface area contributed by atoms with Crippen LogP contribution in [0.5, 0.6) is 0 Å². The fourth-order valence-electron chi connectivity index (χ4n) is 7.99. The average Bonchev–Trinajstić information content (AvgIpc) is 3.12. The summed E-state index contributed by atoms with van der Waals surface area (Å²) in [6.07, 6.45) is 2.51. The number of carbonyl (C=O) groups excluding carboxylic acids is 1. The van der Waals surface area contributed by atoms with Crippen molar-refractivity contribution < 1.29 is 4.79 Å². The van der Waals surface area contributed by atoms with Gasteiger partial charge >= 0.3 is 0 Å². The molecule has 0 saturated heterocycles. The maximum Gasteiger partial charge on any atom is 0.197 e. The number of fused-ring (bicyclic) bond motifs is 4. The van der Waals surface area contributed by atoms with Gasteiger partial charge in [0.25, 0.3) is 0 Å². The van der Waals surface area contributed by atoms with Crippen LogP contribution in [0.1, 0.15) is 146 Å². The zero-order chi connectivity index (χ0) is 36.1. The number of hydrogen-bond acceptors (Lipinski definition) is 2. The number of rotatable bonds is 7. The average molecular weight is 674 g/mol. The lowest BCUT2D eigenvalue weighted by molar-refractivity contribution is 0.103. The molecule has 0 N–H and O–H groups in total. The Morgan fingerprint density at radius 2 is 1.16 bits per heavy atom. The van der Waals surface area contributed by atoms with E-state index in [1.807, 2.05) is 42.5 Å². The first-order valence-electron chi connectivity index (χ1n) is 18.9. The van der Waals surface area contributed by atoms with Gasteiger partial charge < -0.3 is 4.57 Å². The molecule has 260 valence electrons. The third kappa shape index (κ3) is 6.48. The number of benzene rings is 5. The van der Waals surface area contributed by atoms with E-state index in [0.717, 1.165) is 52.7 Å². The lowest BCUT2D eigenvalue weighted by Gasteiger charge is -2.27. The molecule has 6 aromatic rings. The number of aryl methyl sites for hydroxylation is 1. The zero-order valence-electron chi connectivity index (χ0n) is 31.5. The molecule has 0 amide bonds. The number of carbonyl (C=O) groups is 1. The second-order valence-electron chi connectivity index (χ2n) is 16.0. The summed E-state index contributed by atoms with van der Waals surface area (Å²) in [6, 6.07) is 34.1. The van der Waals surface area contributed by atoms with E-state index in [1.54, 1.807) is 0 Å². The van der Waals surface area contributed by atoms with Crippen LogP contribution in [0.2, 0.25) is 0 Å². The Morgan fingerprint density at radius 1 is 0.588 bits per heavy atom. The fraction of sp³-hybridized carbons (Fsp3) is 0.333. The van der Waals surface area contributed by atoms with Gasteiger partial charge in [-0.2, -0.15) is 0 Å². The van der Waals surface area contributed by atoms with Gasteiger partial charge in [0.05, 0.1) is 11.0 Å². The van der Waals surface area contributed by atoms with Crippen molar-refractivity contribution in [3.8, 4) is 5.69 Å². The largest absolute Gasteiger partial charge is 0.309 e. The Labute approximate surface area is 303 Å². The van der Waals surface area contributed by atoms with Crippen molar-refractivity contribution in [1.29, 1.82) is 0 Å². The van der Waals surface area contributed by atoms with E-state index in [4.69, 9.17) is 0 Å². The van der Waals surface area contributed by atoms with Crippen LogP contribution in [0, 0.1) is 0 Å². The van der Waals surface area contributed by atoms with Gasteiger partial charge in [-0.3, -0.25) is 9.59 Å². The first-order valence-corrected chi connectivity index (χ1v) is 18.9. The zero-order valence-corrected chi connectivity index (χ0v) is 31.5. The van der Waals surface area contributed by atoms with E-state index >= 15 is 0 Å². The molecular weight excluding hydrogens is 623 g/mol. The highest BCUT2D eigenvalue weighted by Crippen LogP contribution is 2.38. The number of hydrogen-bond donors (Lipinski definition) is 0. The second kappa shape index (κ2) is 13.8. The van der Waals surface area contributed by atoms with Crippen LogP contribution >= 0.6 is 0 Å². The molecule has 5 aromatic carbocycles. The molecule has 0 fully saturated rings. The van der Waals surface area contributed by atoms with Crippen molar-refractivity contribution in [2.24, 2.45) is 0 Å². The van der Waals surface area contributed by atoms with Crippen molar-refractivity contribution in [3.63, 3.8) is 0 Å². The van der Waals surface area contributed by atoms with Crippen LogP contribution in [0.4, 0.5) is 0 Å². The Kier molecular flexibility index (Phi) is 9.35. The highest BCUT2D eigenvalue weighted by molar-refractivity contribution is 6.13. The van der Waals surface area contributed by atoms with E-state index in [9.17, 15) is 9.59 Å². The lowest BCUT2D eigenvalue weighted by atomic mass is 9.78. The van der Waals surface area contributed by atoms with Crippen LogP contribution in [0.25, 0.3) is 27.5 Å². The maximum atomic E-state index is 14.8. The van der Waals surface area contributed by atoms with E-state index in [0.29, 0.717) is 40.0 Å². The van der Waals surface area contributed by atoms with Crippen molar-refractivity contribution >= 4 is 27.6 Å². The molecule has 0 aliphatic heterocycles. The third-order valence-corrected chi connectivity index (χ3v) is 11.2. The quantitative estimate of drug-likeness (QED) is 0.158. The van der Waals surface area contributed by atoms with Gasteiger partial charge in [0.1, 0.15) is 0 Å². The van der Waals surface area contributed by atoms with Crippen molar-refractivity contribution in [3.05, 3.63) is 157 Å². The SMILES string of the molecule is CC(C)c1cc(CC2CCc3ccccc3C(=O)c3cc4c(cc32)c(=O)c2ccccc2n4-c2cc(C(C)C)cc(C(C)C)c2)cc(C(C)C)c1. The number of ketones is 1. The van der Waals surface area contributed by atoms with Crippen LogP contribution in [-0.4, -0.2) is 10.4 Å². The molecule has 1 aliphatic carbocycles. The normalized spacial score (nSPS) is 14.8. The van der Waals surface area contributed by atoms with Crippen molar-refractivity contribution in [1.82, 2.24) is 4.57 Å². The van der Waals surface area contributed by atoms with Gasteiger partial charge in [0.15, 0.2) is 11.2 Å². The molecule has 1 heterocycles. The van der Waals surface area contributed by atoms with Crippen LogP contribution in [0.15, 0.2) is 102 Å². The monoisotopic (exact) mass is 673 g/mol. The predicted octanol–water partition coefficient (Wildman–Crippen LogP) is 12.1. The topological polar surface area (TPSA) is 39.1 Å². The molecule has 1 aliphatic rings. The highest BCUT2D eigenvalue weighted by atomic mass is 16.1. The number of para-hydroxylation sites is 1. The van der Waals surface area contributed by atoms with Crippen LogP contribution < -0.4 is 5.43 Å². The van der Waals surface area contributed by atoms with E-state index in [-0.39, 0.29) is 17.1 Å². The Hall–Kier alpha value is -4.76. The minimum atomic E-state index is 0.0151. The van der Waals surface area contributed by atoms with E-state index in [1.165, 1.54) is 27.8 Å². The summed E-state index contributed by atoms with van der Waals surface area (Å²) in [5.41, 5.74) is 12.7. The summed E-state index contributed by atoms with van der Waals surface area (Å²) in [5, 5.41) is 1.36. The summed E-state index contributed by atoms with van der Waals surface area (Å²) in [5.74, 6) is 1.62. The smallest absolute Gasteiger partial charge is 0.197 e. The molecule has 0 radical (unpaired) electrons. The van der Waals surface area contributed by atoms with Crippen LogP contribution in [-0.2, 0) is 12.8 Å². The minimum Gasteiger partial charge on any atom is -0.309 e. The van der Waals surface area contributed by atoms with Gasteiger partial charge in [-0.15, -0.1) is 0 Å². The molecule has 51 heavy (non-hydrogen) atoms. The van der Waals surface area contributed by atoms with Crippen molar-refractivity contribution in [2.75, 3.05) is 0 Å². The molecular formula is C48H51NO2. The Balaban J connectivity index is 1.54. The Morgan fingerprint density at radius 3 is 1.78 bits per heavy atom. The molecule has 1 aromatic heterocycles. The molecule has 3 heteroatoms. The number of aromatic nitrogens is 1. The van der Waals surface area contributed by atoms with Crippen LogP contribution in [0.3, 0.4) is 0 Å². The highest BCUT2D eigenvalue weighted by Gasteiger charge is 2.28. The molecule has 1 atom stereocenters. The predicted molar refractivity (Wildman–Crippen MR) is 214 cm³/mol. The first-order chi connectivity index (χ1) is 24.4. The number of pyridine rings is 1. The molecule has 7 rings (SSSR count). The molecule has 0 spiro atoms. The molecule has 3 nitrogen and oxygen atoms in total. The van der Waals surface area contributed by atoms with Gasteiger partial charge in [-0.1, -0.05) is 116 Å². The summed E-state index contributed by atoms with van der Waals surface area (Å²) in [7, 11) is 0. The standard InChI is InChI=1S/C48H51NO2/c1-28(2)35-20-32(21-36(22-35)29(3)4)19-34-18-17-33-13-9-10-14-40(33)47(50)43-27-46-44(26-42(34)43)48(51)41-15-11-12-16-45(41)49(46)39-24-37(30(5)6)23-38(25-39)31(7)8/h9-16,20-31,34H,17-19H2,1-8H3. The summed E-state index contributed by atoms with van der Waals surface area (Å²) in [4.78, 5) is 29.4. The van der Waals surface area contributed by atoms with Gasteiger partial charge in [0.2, 0.25) is 0 Å². The molecule has 0 saturated carbocycles.